The Balaban J connectivity index is 2.50. The number of aliphatic hydroxyl groups is 1. The smallest absolute Gasteiger partial charge is 0.0611 e. The van der Waals surface area contributed by atoms with Gasteiger partial charge in [0.25, 0.3) is 0 Å². The van der Waals surface area contributed by atoms with E-state index in [-0.39, 0.29) is 12.1 Å². The molecule has 0 aromatic heterocycles. The van der Waals surface area contributed by atoms with Gasteiger partial charge < -0.3 is 15.7 Å². The van der Waals surface area contributed by atoms with Crippen molar-refractivity contribution in [2.24, 2.45) is 11.7 Å². The third-order valence-corrected chi connectivity index (χ3v) is 3.45. The highest BCUT2D eigenvalue weighted by molar-refractivity contribution is 4.96. The average molecular weight is 214 g/mol. The van der Waals surface area contributed by atoms with E-state index in [9.17, 15) is 5.11 Å². The molecule has 0 heterocycles. The van der Waals surface area contributed by atoms with Crippen molar-refractivity contribution in [3.63, 3.8) is 0 Å². The Hall–Kier alpha value is -0.120. The summed E-state index contributed by atoms with van der Waals surface area (Å²) < 4.78 is 0. The lowest BCUT2D eigenvalue weighted by Crippen LogP contribution is -2.44. The molecule has 0 spiro atoms. The zero-order valence-corrected chi connectivity index (χ0v) is 10.4. The Morgan fingerprint density at radius 2 is 2.20 bits per heavy atom. The van der Waals surface area contributed by atoms with Gasteiger partial charge in [0.15, 0.2) is 0 Å². The van der Waals surface area contributed by atoms with Crippen LogP contribution >= 0.6 is 0 Å². The standard InChI is InChI=1S/C12H26N2O/c1-4-14(8-10(2)3)11-5-6-12(13,7-11)9-15/h10-11,15H,4-9,13H2,1-3H3. The minimum atomic E-state index is -0.310. The van der Waals surface area contributed by atoms with Crippen LogP contribution in [0.5, 0.6) is 0 Å². The van der Waals surface area contributed by atoms with Gasteiger partial charge in [-0.05, 0) is 31.7 Å². The van der Waals surface area contributed by atoms with Crippen LogP contribution in [0.15, 0.2) is 0 Å². The fourth-order valence-electron chi connectivity index (χ4n) is 2.59. The second-order valence-electron chi connectivity index (χ2n) is 5.40. The van der Waals surface area contributed by atoms with Gasteiger partial charge in [-0.25, -0.2) is 0 Å². The largest absolute Gasteiger partial charge is 0.394 e. The molecule has 1 aliphatic carbocycles. The summed E-state index contributed by atoms with van der Waals surface area (Å²) in [4.78, 5) is 2.51. The molecule has 0 aliphatic heterocycles. The molecule has 2 unspecified atom stereocenters. The normalized spacial score (nSPS) is 31.8. The lowest BCUT2D eigenvalue weighted by Gasteiger charge is -2.30. The van der Waals surface area contributed by atoms with Crippen LogP contribution in [0.25, 0.3) is 0 Å². The van der Waals surface area contributed by atoms with Crippen LogP contribution in [0.1, 0.15) is 40.0 Å². The average Bonchev–Trinajstić information content (AvgIpc) is 2.58. The fraction of sp³-hybridized carbons (Fsp3) is 1.00. The van der Waals surface area contributed by atoms with Crippen molar-refractivity contribution in [1.29, 1.82) is 0 Å². The van der Waals surface area contributed by atoms with E-state index < -0.39 is 0 Å². The SMILES string of the molecule is CCN(CC(C)C)C1CCC(N)(CO)C1. The summed E-state index contributed by atoms with van der Waals surface area (Å²) in [7, 11) is 0. The Morgan fingerprint density at radius 3 is 2.60 bits per heavy atom. The van der Waals surface area contributed by atoms with Crippen LogP contribution in [0, 0.1) is 5.92 Å². The lowest BCUT2D eigenvalue weighted by atomic mass is 10.00. The van der Waals surface area contributed by atoms with E-state index >= 15 is 0 Å². The summed E-state index contributed by atoms with van der Waals surface area (Å²) in [5.41, 5.74) is 5.78. The third kappa shape index (κ3) is 3.44. The van der Waals surface area contributed by atoms with Crippen LogP contribution in [0.3, 0.4) is 0 Å². The lowest BCUT2D eigenvalue weighted by molar-refractivity contribution is 0.159. The highest BCUT2D eigenvalue weighted by Crippen LogP contribution is 2.31. The molecule has 15 heavy (non-hydrogen) atoms. The molecule has 0 aromatic rings. The molecule has 90 valence electrons. The predicted octanol–water partition coefficient (Wildman–Crippen LogP) is 1.21. The maximum absolute atomic E-state index is 9.24. The predicted molar refractivity (Wildman–Crippen MR) is 63.7 cm³/mol. The van der Waals surface area contributed by atoms with Gasteiger partial charge in [0.2, 0.25) is 0 Å². The topological polar surface area (TPSA) is 49.5 Å². The van der Waals surface area contributed by atoms with Crippen molar-refractivity contribution < 1.29 is 5.11 Å². The van der Waals surface area contributed by atoms with E-state index in [1.165, 1.54) is 0 Å². The van der Waals surface area contributed by atoms with Crippen molar-refractivity contribution in [3.8, 4) is 0 Å². The van der Waals surface area contributed by atoms with E-state index in [1.54, 1.807) is 0 Å². The minimum Gasteiger partial charge on any atom is -0.394 e. The molecular weight excluding hydrogens is 188 g/mol. The second-order valence-corrected chi connectivity index (χ2v) is 5.40. The van der Waals surface area contributed by atoms with Gasteiger partial charge in [0.05, 0.1) is 6.61 Å². The van der Waals surface area contributed by atoms with E-state index in [1.807, 2.05) is 0 Å². The maximum atomic E-state index is 9.24. The summed E-state index contributed by atoms with van der Waals surface area (Å²) >= 11 is 0. The fourth-order valence-corrected chi connectivity index (χ4v) is 2.59. The van der Waals surface area contributed by atoms with E-state index in [0.717, 1.165) is 32.4 Å². The summed E-state index contributed by atoms with van der Waals surface area (Å²) in [5, 5.41) is 9.24. The van der Waals surface area contributed by atoms with Gasteiger partial charge in [-0.2, -0.15) is 0 Å². The van der Waals surface area contributed by atoms with E-state index in [0.29, 0.717) is 12.0 Å². The molecule has 0 aromatic carbocycles. The molecule has 1 fully saturated rings. The molecule has 3 N–H and O–H groups in total. The van der Waals surface area contributed by atoms with Crippen LogP contribution < -0.4 is 5.73 Å². The number of nitrogens with zero attached hydrogens (tertiary/aromatic N) is 1. The molecule has 3 nitrogen and oxygen atoms in total. The molecular formula is C12H26N2O. The monoisotopic (exact) mass is 214 g/mol. The number of hydrogen-bond acceptors (Lipinski definition) is 3. The Labute approximate surface area is 93.6 Å². The molecule has 1 rings (SSSR count). The van der Waals surface area contributed by atoms with Crippen LogP contribution in [0.2, 0.25) is 0 Å². The molecule has 0 amide bonds. The first-order chi connectivity index (χ1) is 7.00. The van der Waals surface area contributed by atoms with Gasteiger partial charge in [-0.3, -0.25) is 0 Å². The highest BCUT2D eigenvalue weighted by Gasteiger charge is 2.37. The first-order valence-corrected chi connectivity index (χ1v) is 6.14. The quantitative estimate of drug-likeness (QED) is 0.723. The zero-order valence-electron chi connectivity index (χ0n) is 10.4. The molecule has 0 radical (unpaired) electrons. The molecule has 3 heteroatoms. The number of rotatable bonds is 5. The van der Waals surface area contributed by atoms with Crippen LogP contribution in [-0.2, 0) is 0 Å². The molecule has 0 bridgehead atoms. The van der Waals surface area contributed by atoms with Gasteiger partial charge in [0, 0.05) is 18.1 Å². The molecule has 1 aliphatic rings. The highest BCUT2D eigenvalue weighted by atomic mass is 16.3. The molecule has 2 atom stereocenters. The van der Waals surface area contributed by atoms with E-state index in [2.05, 4.69) is 25.7 Å². The molecule has 1 saturated carbocycles. The summed E-state index contributed by atoms with van der Waals surface area (Å²) in [6.45, 7) is 9.06. The van der Waals surface area contributed by atoms with Crippen molar-refractivity contribution in [1.82, 2.24) is 4.90 Å². The third-order valence-electron chi connectivity index (χ3n) is 3.45. The Kier molecular flexibility index (Phi) is 4.56. The first-order valence-electron chi connectivity index (χ1n) is 6.14. The first kappa shape index (κ1) is 12.9. The van der Waals surface area contributed by atoms with Gasteiger partial charge in [-0.15, -0.1) is 0 Å². The summed E-state index contributed by atoms with van der Waals surface area (Å²) in [6, 6.07) is 0.578. The van der Waals surface area contributed by atoms with Gasteiger partial charge in [0.1, 0.15) is 0 Å². The number of nitrogens with two attached hydrogens (primary N) is 1. The maximum Gasteiger partial charge on any atom is 0.0611 e. The minimum absolute atomic E-state index is 0.128. The van der Waals surface area contributed by atoms with Crippen molar-refractivity contribution >= 4 is 0 Å². The van der Waals surface area contributed by atoms with Crippen molar-refractivity contribution in [3.05, 3.63) is 0 Å². The second kappa shape index (κ2) is 5.28. The van der Waals surface area contributed by atoms with Crippen LogP contribution in [0.4, 0.5) is 0 Å². The number of aliphatic hydroxyl groups excluding tert-OH is 1. The summed E-state index contributed by atoms with van der Waals surface area (Å²) in [6.07, 6.45) is 3.05. The van der Waals surface area contributed by atoms with Crippen LogP contribution in [-0.4, -0.2) is 41.3 Å². The number of hydrogen-bond donors (Lipinski definition) is 2. The van der Waals surface area contributed by atoms with Crippen molar-refractivity contribution in [2.45, 2.75) is 51.6 Å². The van der Waals surface area contributed by atoms with E-state index in [4.69, 9.17) is 5.73 Å². The Morgan fingerprint density at radius 1 is 1.53 bits per heavy atom. The van der Waals surface area contributed by atoms with Gasteiger partial charge >= 0.3 is 0 Å². The summed E-state index contributed by atoms with van der Waals surface area (Å²) in [5.74, 6) is 0.701. The molecule has 0 saturated heterocycles. The Bertz CT molecular complexity index is 196. The zero-order chi connectivity index (χ0) is 11.5. The van der Waals surface area contributed by atoms with Crippen molar-refractivity contribution in [2.75, 3.05) is 19.7 Å². The van der Waals surface area contributed by atoms with Gasteiger partial charge in [-0.1, -0.05) is 20.8 Å².